The van der Waals surface area contributed by atoms with Gasteiger partial charge in [-0.3, -0.25) is 9.59 Å². The molecule has 0 fully saturated rings. The molecule has 2 aromatic carbocycles. The summed E-state index contributed by atoms with van der Waals surface area (Å²) in [4.78, 5) is 27.2. The Morgan fingerprint density at radius 2 is 2.00 bits per heavy atom. The van der Waals surface area contributed by atoms with Gasteiger partial charge in [0, 0.05) is 47.2 Å². The lowest BCUT2D eigenvalue weighted by atomic mass is 10.1. The zero-order chi connectivity index (χ0) is 18.8. The van der Waals surface area contributed by atoms with E-state index in [9.17, 15) is 9.59 Å². The predicted molar refractivity (Wildman–Crippen MR) is 105 cm³/mol. The number of carbonyl (C=O) groups is 1. The fourth-order valence-corrected chi connectivity index (χ4v) is 3.28. The molecule has 0 radical (unpaired) electrons. The van der Waals surface area contributed by atoms with Gasteiger partial charge in [-0.15, -0.1) is 0 Å². The van der Waals surface area contributed by atoms with E-state index in [4.69, 9.17) is 4.74 Å². The molecule has 6 nitrogen and oxygen atoms in total. The second-order valence-corrected chi connectivity index (χ2v) is 6.28. The van der Waals surface area contributed by atoms with Crippen LogP contribution in [0, 0.1) is 0 Å². The van der Waals surface area contributed by atoms with Crippen molar-refractivity contribution in [3.05, 3.63) is 76.7 Å². The maximum atomic E-state index is 12.6. The molecule has 4 rings (SSSR count). The van der Waals surface area contributed by atoms with Crippen molar-refractivity contribution in [2.24, 2.45) is 0 Å². The van der Waals surface area contributed by atoms with Gasteiger partial charge < -0.3 is 19.6 Å². The first-order valence-corrected chi connectivity index (χ1v) is 8.69. The fourth-order valence-electron chi connectivity index (χ4n) is 3.28. The van der Waals surface area contributed by atoms with Crippen molar-refractivity contribution >= 4 is 27.7 Å². The topological polar surface area (TPSA) is 76.1 Å². The monoisotopic (exact) mass is 361 g/mol. The van der Waals surface area contributed by atoms with Crippen LogP contribution in [0.4, 0.5) is 0 Å². The molecule has 0 aliphatic heterocycles. The number of nitrogens with zero attached hydrogens (tertiary/aromatic N) is 1. The molecule has 136 valence electrons. The van der Waals surface area contributed by atoms with Crippen molar-refractivity contribution in [1.82, 2.24) is 14.9 Å². The summed E-state index contributed by atoms with van der Waals surface area (Å²) >= 11 is 0. The van der Waals surface area contributed by atoms with E-state index < -0.39 is 0 Å². The number of pyridine rings is 1. The first kappa shape index (κ1) is 16.9. The fraction of sp³-hybridized carbons (Fsp3) is 0.143. The lowest BCUT2D eigenvalue weighted by Crippen LogP contribution is -2.28. The van der Waals surface area contributed by atoms with E-state index in [1.54, 1.807) is 13.2 Å². The molecule has 0 bridgehead atoms. The third-order valence-corrected chi connectivity index (χ3v) is 4.61. The van der Waals surface area contributed by atoms with E-state index in [0.29, 0.717) is 24.2 Å². The van der Waals surface area contributed by atoms with Crippen LogP contribution in [0.1, 0.15) is 10.4 Å². The van der Waals surface area contributed by atoms with Crippen LogP contribution in [0.2, 0.25) is 0 Å². The molecule has 4 aromatic rings. The summed E-state index contributed by atoms with van der Waals surface area (Å²) in [5, 5.41) is 4.72. The molecule has 0 saturated heterocycles. The number of H-pyrrole nitrogens is 1. The molecular weight excluding hydrogens is 342 g/mol. The van der Waals surface area contributed by atoms with Crippen LogP contribution in [0.3, 0.4) is 0 Å². The molecule has 1 amide bonds. The number of fused-ring (bicyclic) bond motifs is 2. The number of amides is 1. The lowest BCUT2D eigenvalue weighted by Gasteiger charge is -2.09. The average Bonchev–Trinajstić information content (AvgIpc) is 3.09. The van der Waals surface area contributed by atoms with Crippen molar-refractivity contribution in [2.45, 2.75) is 6.54 Å². The van der Waals surface area contributed by atoms with Crippen LogP contribution in [0.5, 0.6) is 5.75 Å². The number of ether oxygens (including phenoxy) is 1. The number of hydrogen-bond acceptors (Lipinski definition) is 3. The van der Waals surface area contributed by atoms with Gasteiger partial charge in [-0.25, -0.2) is 0 Å². The van der Waals surface area contributed by atoms with Crippen LogP contribution < -0.4 is 15.6 Å². The number of aromatic amines is 1. The minimum atomic E-state index is -0.288. The number of carbonyl (C=O) groups excluding carboxylic acids is 1. The Bertz CT molecular complexity index is 1190. The summed E-state index contributed by atoms with van der Waals surface area (Å²) in [6.07, 6.45) is 1.99. The maximum Gasteiger partial charge on any atom is 0.252 e. The van der Waals surface area contributed by atoms with Crippen molar-refractivity contribution in [1.29, 1.82) is 0 Å². The molecule has 0 unspecified atom stereocenters. The van der Waals surface area contributed by atoms with E-state index in [2.05, 4.69) is 14.9 Å². The highest BCUT2D eigenvalue weighted by atomic mass is 16.5. The van der Waals surface area contributed by atoms with Gasteiger partial charge in [-0.05, 0) is 30.3 Å². The summed E-state index contributed by atoms with van der Waals surface area (Å²) < 4.78 is 7.32. The third-order valence-electron chi connectivity index (χ3n) is 4.61. The Morgan fingerprint density at radius 1 is 1.15 bits per heavy atom. The number of hydrogen-bond donors (Lipinski definition) is 2. The number of methoxy groups -OCH3 is 1. The standard InChI is InChI=1S/C21H19N3O3/c1-27-15-6-7-19-14(12-15)8-10-24(19)11-9-22-21(26)17-13-20(25)23-18-5-3-2-4-16(17)18/h2-8,10,12-13H,9,11H2,1H3,(H,22,26)(H,23,25). The van der Waals surface area contributed by atoms with Gasteiger partial charge in [-0.1, -0.05) is 18.2 Å². The Hall–Kier alpha value is -3.54. The zero-order valence-electron chi connectivity index (χ0n) is 14.9. The van der Waals surface area contributed by atoms with Crippen LogP contribution >= 0.6 is 0 Å². The molecule has 2 aromatic heterocycles. The number of aromatic nitrogens is 2. The second kappa shape index (κ2) is 6.99. The third kappa shape index (κ3) is 3.29. The van der Waals surface area contributed by atoms with Gasteiger partial charge in [0.05, 0.1) is 12.7 Å². The minimum Gasteiger partial charge on any atom is -0.497 e. The first-order valence-electron chi connectivity index (χ1n) is 8.69. The van der Waals surface area contributed by atoms with Crippen molar-refractivity contribution in [3.8, 4) is 5.75 Å². The first-order chi connectivity index (χ1) is 13.2. The number of benzene rings is 2. The molecular formula is C21H19N3O3. The predicted octanol–water partition coefficient (Wildman–Crippen LogP) is 2.92. The van der Waals surface area contributed by atoms with Crippen molar-refractivity contribution in [2.75, 3.05) is 13.7 Å². The normalized spacial score (nSPS) is 11.0. The Kier molecular flexibility index (Phi) is 4.38. The van der Waals surface area contributed by atoms with Crippen LogP contribution in [-0.4, -0.2) is 29.1 Å². The molecule has 2 heterocycles. The van der Waals surface area contributed by atoms with E-state index in [1.807, 2.05) is 48.7 Å². The Morgan fingerprint density at radius 3 is 2.85 bits per heavy atom. The Labute approximate surface area is 155 Å². The molecule has 0 spiro atoms. The van der Waals surface area contributed by atoms with Crippen molar-refractivity contribution in [3.63, 3.8) is 0 Å². The van der Waals surface area contributed by atoms with Gasteiger partial charge >= 0.3 is 0 Å². The molecule has 2 N–H and O–H groups in total. The van der Waals surface area contributed by atoms with Gasteiger partial charge in [0.2, 0.25) is 5.56 Å². The molecule has 0 aliphatic rings. The SMILES string of the molecule is COc1ccc2c(ccn2CCNC(=O)c2cc(=O)[nH]c3ccccc23)c1. The average molecular weight is 361 g/mol. The van der Waals surface area contributed by atoms with Crippen LogP contribution in [0.15, 0.2) is 65.6 Å². The summed E-state index contributed by atoms with van der Waals surface area (Å²) in [6.45, 7) is 1.08. The molecule has 0 aliphatic carbocycles. The highest BCUT2D eigenvalue weighted by Crippen LogP contribution is 2.21. The maximum absolute atomic E-state index is 12.6. The minimum absolute atomic E-state index is 0.254. The van der Waals surface area contributed by atoms with Crippen LogP contribution in [-0.2, 0) is 6.54 Å². The quantitative estimate of drug-likeness (QED) is 0.574. The summed E-state index contributed by atoms with van der Waals surface area (Å²) in [6, 6.07) is 16.5. The molecule has 6 heteroatoms. The summed E-state index contributed by atoms with van der Waals surface area (Å²) in [5.74, 6) is 0.560. The van der Waals surface area contributed by atoms with Crippen molar-refractivity contribution < 1.29 is 9.53 Å². The largest absolute Gasteiger partial charge is 0.497 e. The van der Waals surface area contributed by atoms with E-state index in [0.717, 1.165) is 22.0 Å². The van der Waals surface area contributed by atoms with Gasteiger partial charge in [0.15, 0.2) is 0 Å². The second-order valence-electron chi connectivity index (χ2n) is 6.28. The van der Waals surface area contributed by atoms with E-state index in [-0.39, 0.29) is 11.5 Å². The smallest absolute Gasteiger partial charge is 0.252 e. The molecule has 0 saturated carbocycles. The summed E-state index contributed by atoms with van der Waals surface area (Å²) in [7, 11) is 1.64. The molecule has 0 atom stereocenters. The van der Waals surface area contributed by atoms with Gasteiger partial charge in [-0.2, -0.15) is 0 Å². The van der Waals surface area contributed by atoms with Gasteiger partial charge in [0.25, 0.3) is 5.91 Å². The van der Waals surface area contributed by atoms with E-state index >= 15 is 0 Å². The summed E-state index contributed by atoms with van der Waals surface area (Å²) in [5.41, 5.74) is 1.83. The zero-order valence-corrected chi connectivity index (χ0v) is 14.9. The Balaban J connectivity index is 1.50. The van der Waals surface area contributed by atoms with Gasteiger partial charge in [0.1, 0.15) is 5.75 Å². The number of para-hydroxylation sites is 1. The van der Waals surface area contributed by atoms with Crippen LogP contribution in [0.25, 0.3) is 21.8 Å². The number of nitrogens with one attached hydrogen (secondary N) is 2. The number of rotatable bonds is 5. The highest BCUT2D eigenvalue weighted by molar-refractivity contribution is 6.05. The lowest BCUT2D eigenvalue weighted by molar-refractivity contribution is 0.0954. The van der Waals surface area contributed by atoms with E-state index in [1.165, 1.54) is 6.07 Å². The highest BCUT2D eigenvalue weighted by Gasteiger charge is 2.11. The molecule has 27 heavy (non-hydrogen) atoms.